The van der Waals surface area contributed by atoms with Crippen molar-refractivity contribution in [2.45, 2.75) is 45.2 Å². The lowest BCUT2D eigenvalue weighted by Gasteiger charge is -2.22. The van der Waals surface area contributed by atoms with Crippen LogP contribution in [0.15, 0.2) is 30.5 Å². The first-order chi connectivity index (χ1) is 11.0. The molecule has 1 atom stereocenters. The topological polar surface area (TPSA) is 71.8 Å². The molecule has 2 N–H and O–H groups in total. The van der Waals surface area contributed by atoms with E-state index in [9.17, 15) is 4.79 Å². The van der Waals surface area contributed by atoms with Crippen molar-refractivity contribution in [1.82, 2.24) is 20.3 Å². The molecule has 0 aliphatic carbocycles. The second-order valence-electron chi connectivity index (χ2n) is 6.44. The summed E-state index contributed by atoms with van der Waals surface area (Å²) >= 11 is 0. The van der Waals surface area contributed by atoms with Crippen LogP contribution in [0.25, 0.3) is 0 Å². The second-order valence-corrected chi connectivity index (χ2v) is 6.44. The molecule has 2 heterocycles. The van der Waals surface area contributed by atoms with Gasteiger partial charge >= 0.3 is 0 Å². The van der Waals surface area contributed by atoms with Crippen molar-refractivity contribution in [3.63, 3.8) is 0 Å². The first kappa shape index (κ1) is 15.7. The van der Waals surface area contributed by atoms with Crippen molar-refractivity contribution >= 4 is 11.6 Å². The van der Waals surface area contributed by atoms with Crippen molar-refractivity contribution in [2.24, 2.45) is 0 Å². The van der Waals surface area contributed by atoms with Gasteiger partial charge in [0, 0.05) is 5.69 Å². The van der Waals surface area contributed by atoms with Gasteiger partial charge in [-0.15, -0.1) is 5.10 Å². The fourth-order valence-electron chi connectivity index (χ4n) is 3.00. The first-order valence-corrected chi connectivity index (χ1v) is 8.07. The molecule has 2 aromatic rings. The predicted octanol–water partition coefficient (Wildman–Crippen LogP) is 2.25. The number of nitrogens with zero attached hydrogens (tertiary/aromatic N) is 3. The summed E-state index contributed by atoms with van der Waals surface area (Å²) < 4.78 is 1.69. The van der Waals surface area contributed by atoms with Crippen LogP contribution in [0.4, 0.5) is 5.69 Å². The van der Waals surface area contributed by atoms with Crippen molar-refractivity contribution in [3.8, 4) is 0 Å². The van der Waals surface area contributed by atoms with Gasteiger partial charge in [0.15, 0.2) is 0 Å². The zero-order chi connectivity index (χ0) is 16.4. The summed E-state index contributed by atoms with van der Waals surface area (Å²) in [5, 5.41) is 14.9. The number of carbonyl (C=O) groups excluding carboxylic acids is 1. The van der Waals surface area contributed by atoms with Gasteiger partial charge in [0.2, 0.25) is 5.91 Å². The summed E-state index contributed by atoms with van der Waals surface area (Å²) in [6.45, 7) is 7.03. The number of carbonyl (C=O) groups is 1. The standard InChI is InChI=1S/C17H23N5O/c1-4-18-17(2,3)15-11-22(21-20-15)14-10-9-12-7-5-6-8-13(12)19-16(14)23/h5-8,11,14,18H,4,9-10H2,1-3H3,(H,19,23). The van der Waals surface area contributed by atoms with Crippen molar-refractivity contribution in [2.75, 3.05) is 11.9 Å². The van der Waals surface area contributed by atoms with E-state index in [4.69, 9.17) is 0 Å². The first-order valence-electron chi connectivity index (χ1n) is 8.07. The van der Waals surface area contributed by atoms with Gasteiger partial charge in [0.25, 0.3) is 0 Å². The number of amides is 1. The fraction of sp³-hybridized carbons (Fsp3) is 0.471. The van der Waals surface area contributed by atoms with Crippen LogP contribution >= 0.6 is 0 Å². The largest absolute Gasteiger partial charge is 0.324 e. The molecular weight excluding hydrogens is 290 g/mol. The average molecular weight is 313 g/mol. The van der Waals surface area contributed by atoms with Crippen molar-refractivity contribution < 1.29 is 4.79 Å². The van der Waals surface area contributed by atoms with Crippen LogP contribution in [0.1, 0.15) is 44.5 Å². The van der Waals surface area contributed by atoms with E-state index in [-0.39, 0.29) is 17.5 Å². The molecule has 6 heteroatoms. The Morgan fingerprint density at radius 3 is 2.96 bits per heavy atom. The minimum Gasteiger partial charge on any atom is -0.324 e. The van der Waals surface area contributed by atoms with Crippen LogP contribution in [-0.2, 0) is 16.8 Å². The van der Waals surface area contributed by atoms with Gasteiger partial charge in [0.1, 0.15) is 11.7 Å². The third kappa shape index (κ3) is 3.12. The zero-order valence-corrected chi connectivity index (χ0v) is 13.8. The normalized spacial score (nSPS) is 18.2. The summed E-state index contributed by atoms with van der Waals surface area (Å²) in [4.78, 5) is 12.5. The number of aryl methyl sites for hydroxylation is 1. The lowest BCUT2D eigenvalue weighted by Crippen LogP contribution is -2.36. The number of aromatic nitrogens is 3. The molecule has 6 nitrogen and oxygen atoms in total. The number of benzene rings is 1. The van der Waals surface area contributed by atoms with Crippen molar-refractivity contribution in [1.29, 1.82) is 0 Å². The van der Waals surface area contributed by atoms with E-state index in [1.54, 1.807) is 4.68 Å². The Labute approximate surface area is 136 Å². The molecular formula is C17H23N5O. The maximum Gasteiger partial charge on any atom is 0.249 e. The van der Waals surface area contributed by atoms with Gasteiger partial charge in [0.05, 0.1) is 11.7 Å². The molecule has 0 fully saturated rings. The minimum absolute atomic E-state index is 0.0346. The van der Waals surface area contributed by atoms with Gasteiger partial charge in [-0.2, -0.15) is 0 Å². The third-order valence-electron chi connectivity index (χ3n) is 4.35. The third-order valence-corrected chi connectivity index (χ3v) is 4.35. The van der Waals surface area contributed by atoms with E-state index < -0.39 is 0 Å². The number of nitrogens with one attached hydrogen (secondary N) is 2. The zero-order valence-electron chi connectivity index (χ0n) is 13.8. The quantitative estimate of drug-likeness (QED) is 0.908. The van der Waals surface area contributed by atoms with E-state index >= 15 is 0 Å². The molecule has 0 radical (unpaired) electrons. The van der Waals surface area contributed by atoms with Crippen molar-refractivity contribution in [3.05, 3.63) is 41.7 Å². The van der Waals surface area contributed by atoms with E-state index in [1.807, 2.05) is 24.4 Å². The highest BCUT2D eigenvalue weighted by molar-refractivity contribution is 5.95. The molecule has 1 aromatic heterocycles. The molecule has 0 spiro atoms. The predicted molar refractivity (Wildman–Crippen MR) is 89.2 cm³/mol. The van der Waals surface area contributed by atoms with Crippen LogP contribution in [0, 0.1) is 0 Å². The van der Waals surface area contributed by atoms with Gasteiger partial charge < -0.3 is 10.6 Å². The molecule has 122 valence electrons. The fourth-order valence-corrected chi connectivity index (χ4v) is 3.00. The highest BCUT2D eigenvalue weighted by Gasteiger charge is 2.29. The molecule has 1 aliphatic heterocycles. The molecule has 23 heavy (non-hydrogen) atoms. The average Bonchev–Trinajstić information content (AvgIpc) is 2.93. The van der Waals surface area contributed by atoms with Gasteiger partial charge in [-0.25, -0.2) is 4.68 Å². The van der Waals surface area contributed by atoms with Crippen LogP contribution in [0.3, 0.4) is 0 Å². The van der Waals surface area contributed by atoms with Gasteiger partial charge in [-0.3, -0.25) is 4.79 Å². The van der Waals surface area contributed by atoms with E-state index in [0.29, 0.717) is 6.42 Å². The number of anilines is 1. The minimum atomic E-state index is -0.332. The summed E-state index contributed by atoms with van der Waals surface area (Å²) in [7, 11) is 0. The number of rotatable bonds is 4. The van der Waals surface area contributed by atoms with Gasteiger partial charge in [-0.05, 0) is 44.9 Å². The Morgan fingerprint density at radius 1 is 1.39 bits per heavy atom. The summed E-state index contributed by atoms with van der Waals surface area (Å²) in [5.41, 5.74) is 2.64. The van der Waals surface area contributed by atoms with Gasteiger partial charge in [-0.1, -0.05) is 30.3 Å². The van der Waals surface area contributed by atoms with E-state index in [2.05, 4.69) is 47.8 Å². The molecule has 0 saturated heterocycles. The lowest BCUT2D eigenvalue weighted by molar-refractivity contribution is -0.119. The molecule has 0 saturated carbocycles. The Kier molecular flexibility index (Phi) is 4.17. The maximum absolute atomic E-state index is 12.5. The molecule has 3 rings (SSSR count). The summed E-state index contributed by atoms with van der Waals surface area (Å²) in [5.74, 6) is -0.0346. The molecule has 1 unspecified atom stereocenters. The summed E-state index contributed by atoms with van der Waals surface area (Å²) in [6, 6.07) is 7.60. The highest BCUT2D eigenvalue weighted by atomic mass is 16.2. The Morgan fingerprint density at radius 2 is 2.17 bits per heavy atom. The molecule has 1 amide bonds. The number of fused-ring (bicyclic) bond motifs is 1. The molecule has 1 aromatic carbocycles. The highest BCUT2D eigenvalue weighted by Crippen LogP contribution is 2.27. The monoisotopic (exact) mass is 313 g/mol. The van der Waals surface area contributed by atoms with Crippen LogP contribution < -0.4 is 10.6 Å². The van der Waals surface area contributed by atoms with Crippen LogP contribution in [0.2, 0.25) is 0 Å². The maximum atomic E-state index is 12.5. The van der Waals surface area contributed by atoms with Crippen LogP contribution in [0.5, 0.6) is 0 Å². The molecule has 1 aliphatic rings. The summed E-state index contributed by atoms with van der Waals surface area (Å²) in [6.07, 6.45) is 3.43. The Balaban J connectivity index is 1.83. The number of hydrogen-bond acceptors (Lipinski definition) is 4. The smallest absolute Gasteiger partial charge is 0.249 e. The number of hydrogen-bond donors (Lipinski definition) is 2. The second kappa shape index (κ2) is 6.12. The van der Waals surface area contributed by atoms with Crippen LogP contribution in [-0.4, -0.2) is 27.4 Å². The SMILES string of the molecule is CCNC(C)(C)c1cn(C2CCc3ccccc3NC2=O)nn1. The molecule has 0 bridgehead atoms. The van der Waals surface area contributed by atoms with E-state index in [1.165, 1.54) is 0 Å². The van der Waals surface area contributed by atoms with E-state index in [0.717, 1.165) is 29.9 Å². The Bertz CT molecular complexity index is 707. The number of para-hydroxylation sites is 1. The Hall–Kier alpha value is -2.21. The lowest BCUT2D eigenvalue weighted by atomic mass is 10.0.